The molecule has 0 amide bonds. The minimum Gasteiger partial charge on any atom is -0.310 e. The summed E-state index contributed by atoms with van der Waals surface area (Å²) in [4.78, 5) is 0. The van der Waals surface area contributed by atoms with Crippen LogP contribution in [0, 0.1) is 12.3 Å². The fraction of sp³-hybridized carbons (Fsp3) is 0.846. The van der Waals surface area contributed by atoms with E-state index in [1.807, 2.05) is 6.92 Å². The molecule has 17 heavy (non-hydrogen) atoms. The molecule has 0 bridgehead atoms. The van der Waals surface area contributed by atoms with E-state index in [-0.39, 0.29) is 0 Å². The summed E-state index contributed by atoms with van der Waals surface area (Å²) in [5.74, 6) is 0. The fourth-order valence-electron chi connectivity index (χ4n) is 1.87. The van der Waals surface area contributed by atoms with E-state index in [0.717, 1.165) is 24.5 Å². The molecule has 4 heteroatoms. The average Bonchev–Trinajstić information content (AvgIpc) is 2.64. The van der Waals surface area contributed by atoms with Gasteiger partial charge in [-0.3, -0.25) is 0 Å². The average molecular weight is 239 g/mol. The van der Waals surface area contributed by atoms with Crippen molar-refractivity contribution in [3.63, 3.8) is 0 Å². The minimum atomic E-state index is 0.347. The van der Waals surface area contributed by atoms with Crippen molar-refractivity contribution < 1.29 is 4.63 Å². The highest BCUT2D eigenvalue weighted by Crippen LogP contribution is 2.22. The third-order valence-corrected chi connectivity index (χ3v) is 3.10. The summed E-state index contributed by atoms with van der Waals surface area (Å²) < 4.78 is 4.67. The number of hydrogen-bond donors (Lipinski definition) is 1. The molecular weight excluding hydrogens is 214 g/mol. The number of unbranched alkanes of at least 4 members (excludes halogenated alkanes) is 2. The van der Waals surface area contributed by atoms with E-state index >= 15 is 0 Å². The minimum absolute atomic E-state index is 0.347. The van der Waals surface area contributed by atoms with Crippen LogP contribution in [0.5, 0.6) is 0 Å². The maximum atomic E-state index is 4.67. The van der Waals surface area contributed by atoms with Crippen LogP contribution < -0.4 is 5.32 Å². The van der Waals surface area contributed by atoms with Crippen molar-refractivity contribution in [3.05, 3.63) is 11.4 Å². The molecule has 98 valence electrons. The summed E-state index contributed by atoms with van der Waals surface area (Å²) in [6, 6.07) is 0. The zero-order valence-corrected chi connectivity index (χ0v) is 11.5. The van der Waals surface area contributed by atoms with Gasteiger partial charge >= 0.3 is 0 Å². The number of nitrogens with one attached hydrogen (secondary N) is 1. The monoisotopic (exact) mass is 239 g/mol. The molecule has 0 saturated carbocycles. The Balaban J connectivity index is 2.23. The molecule has 1 aromatic heterocycles. The molecule has 0 aliphatic rings. The molecule has 1 heterocycles. The largest absolute Gasteiger partial charge is 0.310 e. The Bertz CT molecular complexity index is 320. The van der Waals surface area contributed by atoms with Gasteiger partial charge < -0.3 is 5.32 Å². The maximum Gasteiger partial charge on any atom is 0.121 e. The van der Waals surface area contributed by atoms with Gasteiger partial charge in [-0.25, -0.2) is 4.63 Å². The predicted octanol–water partition coefficient (Wildman–Crippen LogP) is 3.07. The van der Waals surface area contributed by atoms with E-state index in [4.69, 9.17) is 0 Å². The van der Waals surface area contributed by atoms with E-state index in [1.165, 1.54) is 25.7 Å². The third kappa shape index (κ3) is 5.31. The Morgan fingerprint density at radius 3 is 2.59 bits per heavy atom. The van der Waals surface area contributed by atoms with Crippen molar-refractivity contribution in [2.24, 2.45) is 5.41 Å². The van der Waals surface area contributed by atoms with Crippen LogP contribution in [0.25, 0.3) is 0 Å². The van der Waals surface area contributed by atoms with E-state index in [1.54, 1.807) is 0 Å². The molecule has 1 aromatic rings. The molecule has 0 radical (unpaired) electrons. The number of aryl methyl sites for hydroxylation is 1. The summed E-state index contributed by atoms with van der Waals surface area (Å²) in [6.45, 7) is 10.5. The normalized spacial score (nSPS) is 12.0. The first-order valence-electron chi connectivity index (χ1n) is 6.54. The summed E-state index contributed by atoms with van der Waals surface area (Å²) in [7, 11) is 0. The van der Waals surface area contributed by atoms with Crippen molar-refractivity contribution >= 4 is 0 Å². The van der Waals surface area contributed by atoms with Gasteiger partial charge in [0, 0.05) is 13.1 Å². The second-order valence-corrected chi connectivity index (χ2v) is 5.52. The molecule has 0 fully saturated rings. The van der Waals surface area contributed by atoms with Crippen molar-refractivity contribution in [1.82, 2.24) is 15.6 Å². The van der Waals surface area contributed by atoms with Gasteiger partial charge in [0.25, 0.3) is 0 Å². The molecule has 0 aliphatic heterocycles. The molecule has 4 nitrogen and oxygen atoms in total. The Labute approximate surface area is 104 Å². The van der Waals surface area contributed by atoms with Gasteiger partial charge in [0.1, 0.15) is 11.4 Å². The Hall–Kier alpha value is -0.900. The number of nitrogens with zero attached hydrogens (tertiary/aromatic N) is 2. The molecule has 0 saturated heterocycles. The highest BCUT2D eigenvalue weighted by atomic mass is 16.6. The van der Waals surface area contributed by atoms with Crippen LogP contribution in [0.3, 0.4) is 0 Å². The Morgan fingerprint density at radius 2 is 2.00 bits per heavy atom. The second-order valence-electron chi connectivity index (χ2n) is 5.52. The van der Waals surface area contributed by atoms with Crippen LogP contribution in [0.15, 0.2) is 4.63 Å². The van der Waals surface area contributed by atoms with Crippen molar-refractivity contribution in [2.45, 2.75) is 59.9 Å². The van der Waals surface area contributed by atoms with Crippen LogP contribution in [0.4, 0.5) is 0 Å². The van der Waals surface area contributed by atoms with E-state index < -0.39 is 0 Å². The van der Waals surface area contributed by atoms with Crippen LogP contribution in [0.1, 0.15) is 57.8 Å². The summed E-state index contributed by atoms with van der Waals surface area (Å²) in [5, 5.41) is 11.1. The zero-order chi connectivity index (χ0) is 12.7. The molecule has 0 aromatic carbocycles. The third-order valence-electron chi connectivity index (χ3n) is 3.10. The van der Waals surface area contributed by atoms with Crippen LogP contribution >= 0.6 is 0 Å². The summed E-state index contributed by atoms with van der Waals surface area (Å²) in [5.41, 5.74) is 2.14. The second kappa shape index (κ2) is 6.74. The van der Waals surface area contributed by atoms with Crippen molar-refractivity contribution in [2.75, 3.05) is 6.54 Å². The van der Waals surface area contributed by atoms with Crippen molar-refractivity contribution in [3.8, 4) is 0 Å². The molecule has 0 aliphatic carbocycles. The topological polar surface area (TPSA) is 51.0 Å². The van der Waals surface area contributed by atoms with Gasteiger partial charge in [-0.15, -0.1) is 0 Å². The highest BCUT2D eigenvalue weighted by Gasteiger charge is 2.17. The first-order chi connectivity index (χ1) is 8.05. The number of aromatic nitrogens is 2. The highest BCUT2D eigenvalue weighted by molar-refractivity contribution is 5.03. The van der Waals surface area contributed by atoms with Gasteiger partial charge in [-0.1, -0.05) is 50.3 Å². The molecule has 0 spiro atoms. The number of hydrogen-bond acceptors (Lipinski definition) is 4. The quantitative estimate of drug-likeness (QED) is 0.708. The molecule has 1 rings (SSSR count). The van der Waals surface area contributed by atoms with Crippen LogP contribution in [-0.4, -0.2) is 16.9 Å². The molecule has 0 unspecified atom stereocenters. The summed E-state index contributed by atoms with van der Waals surface area (Å²) in [6.07, 6.45) is 5.20. The SMILES string of the molecule is CCCCCC(C)(C)CNCc1nonc1C. The van der Waals surface area contributed by atoms with E-state index in [2.05, 4.69) is 41.0 Å². The summed E-state index contributed by atoms with van der Waals surface area (Å²) >= 11 is 0. The smallest absolute Gasteiger partial charge is 0.121 e. The first-order valence-corrected chi connectivity index (χ1v) is 6.54. The van der Waals surface area contributed by atoms with Crippen molar-refractivity contribution in [1.29, 1.82) is 0 Å². The lowest BCUT2D eigenvalue weighted by molar-refractivity contribution is 0.290. The zero-order valence-electron chi connectivity index (χ0n) is 11.5. The van der Waals surface area contributed by atoms with E-state index in [0.29, 0.717) is 5.41 Å². The van der Waals surface area contributed by atoms with Gasteiger partial charge in [0.05, 0.1) is 0 Å². The Morgan fingerprint density at radius 1 is 1.24 bits per heavy atom. The lowest BCUT2D eigenvalue weighted by Crippen LogP contribution is -2.29. The van der Waals surface area contributed by atoms with Crippen LogP contribution in [0.2, 0.25) is 0 Å². The molecule has 0 atom stereocenters. The lowest BCUT2D eigenvalue weighted by atomic mass is 9.87. The fourth-order valence-corrected chi connectivity index (χ4v) is 1.87. The lowest BCUT2D eigenvalue weighted by Gasteiger charge is -2.24. The van der Waals surface area contributed by atoms with Gasteiger partial charge in [-0.05, 0) is 18.8 Å². The first kappa shape index (κ1) is 14.2. The van der Waals surface area contributed by atoms with Gasteiger partial charge in [0.2, 0.25) is 0 Å². The molecule has 1 N–H and O–H groups in total. The maximum absolute atomic E-state index is 4.67. The Kier molecular flexibility index (Phi) is 5.62. The predicted molar refractivity (Wildman–Crippen MR) is 68.7 cm³/mol. The standard InChI is InChI=1S/C13H25N3O/c1-5-6-7-8-13(3,4)10-14-9-12-11(2)15-17-16-12/h14H,5-10H2,1-4H3. The molecular formula is C13H25N3O. The number of rotatable bonds is 8. The van der Waals surface area contributed by atoms with Gasteiger partial charge in [0.15, 0.2) is 0 Å². The van der Waals surface area contributed by atoms with Gasteiger partial charge in [-0.2, -0.15) is 0 Å². The van der Waals surface area contributed by atoms with E-state index in [9.17, 15) is 0 Å². The van der Waals surface area contributed by atoms with Crippen LogP contribution in [-0.2, 0) is 6.54 Å².